The Morgan fingerprint density at radius 3 is 2.61 bits per heavy atom. The summed E-state index contributed by atoms with van der Waals surface area (Å²) in [5.41, 5.74) is 1.54. The van der Waals surface area contributed by atoms with E-state index in [-0.39, 0.29) is 18.1 Å². The zero-order valence-electron chi connectivity index (χ0n) is 14.8. The summed E-state index contributed by atoms with van der Waals surface area (Å²) in [5.74, 6) is -0.699. The van der Waals surface area contributed by atoms with E-state index in [1.807, 2.05) is 18.2 Å². The number of rotatable bonds is 6. The third-order valence-electron chi connectivity index (χ3n) is 3.65. The molecule has 1 aromatic carbocycles. The van der Waals surface area contributed by atoms with E-state index in [1.54, 1.807) is 25.1 Å². The smallest absolute Gasteiger partial charge is 0.422 e. The van der Waals surface area contributed by atoms with Gasteiger partial charge in [-0.3, -0.25) is 4.79 Å². The Morgan fingerprint density at radius 1 is 1.14 bits per heavy atom. The highest BCUT2D eigenvalue weighted by atomic mass is 19.4. The van der Waals surface area contributed by atoms with E-state index in [9.17, 15) is 18.0 Å². The number of carbonyl (C=O) groups is 1. The number of benzene rings is 1. The minimum Gasteiger partial charge on any atom is -0.468 e. The maximum Gasteiger partial charge on any atom is 0.422 e. The zero-order chi connectivity index (χ0) is 20.1. The maximum atomic E-state index is 12.4. The van der Waals surface area contributed by atoms with Gasteiger partial charge in [-0.1, -0.05) is 24.3 Å². The van der Waals surface area contributed by atoms with E-state index in [0.29, 0.717) is 16.9 Å². The molecule has 10 heteroatoms. The normalized spacial score (nSPS) is 11.3. The zero-order valence-corrected chi connectivity index (χ0v) is 14.8. The molecule has 0 atom stereocenters. The molecule has 0 saturated heterocycles. The molecule has 3 rings (SSSR count). The van der Waals surface area contributed by atoms with Gasteiger partial charge in [0.2, 0.25) is 5.88 Å². The van der Waals surface area contributed by atoms with E-state index >= 15 is 0 Å². The monoisotopic (exact) mass is 391 g/mol. The van der Waals surface area contributed by atoms with Crippen LogP contribution in [-0.4, -0.2) is 38.7 Å². The van der Waals surface area contributed by atoms with Crippen LogP contribution in [0.25, 0.3) is 5.69 Å². The van der Waals surface area contributed by atoms with Gasteiger partial charge in [-0.15, -0.1) is 5.10 Å². The van der Waals surface area contributed by atoms with Crippen LogP contribution in [0.1, 0.15) is 21.7 Å². The van der Waals surface area contributed by atoms with Crippen LogP contribution in [-0.2, 0) is 6.54 Å². The molecule has 2 aromatic heterocycles. The van der Waals surface area contributed by atoms with Crippen LogP contribution in [0.5, 0.6) is 5.88 Å². The molecule has 2 heterocycles. The lowest BCUT2D eigenvalue weighted by Crippen LogP contribution is -2.25. The number of nitrogens with one attached hydrogen (secondary N) is 1. The van der Waals surface area contributed by atoms with Gasteiger partial charge in [0.1, 0.15) is 0 Å². The van der Waals surface area contributed by atoms with Gasteiger partial charge >= 0.3 is 6.18 Å². The number of ether oxygens (including phenoxy) is 1. The van der Waals surface area contributed by atoms with Crippen molar-refractivity contribution in [2.75, 3.05) is 6.61 Å². The number of halogens is 3. The Kier molecular flexibility index (Phi) is 5.57. The van der Waals surface area contributed by atoms with Crippen LogP contribution in [0, 0.1) is 6.92 Å². The fourth-order valence-corrected chi connectivity index (χ4v) is 2.36. The molecule has 0 radical (unpaired) electrons. The van der Waals surface area contributed by atoms with Crippen molar-refractivity contribution < 1.29 is 22.7 Å². The summed E-state index contributed by atoms with van der Waals surface area (Å²) in [7, 11) is 0. The molecule has 7 nitrogen and oxygen atoms in total. The van der Waals surface area contributed by atoms with E-state index < -0.39 is 18.7 Å². The highest BCUT2D eigenvalue weighted by Crippen LogP contribution is 2.20. The average Bonchev–Trinajstić information content (AvgIpc) is 3.07. The fraction of sp³-hybridized carbons (Fsp3) is 0.222. The summed E-state index contributed by atoms with van der Waals surface area (Å²) in [6, 6.07) is 12.1. The second-order valence-electron chi connectivity index (χ2n) is 5.81. The topological polar surface area (TPSA) is 81.9 Å². The number of amides is 1. The predicted octanol–water partition coefficient (Wildman–Crippen LogP) is 2.84. The minimum absolute atomic E-state index is 0.0719. The lowest BCUT2D eigenvalue weighted by Gasteiger charge is -2.12. The number of aromatic nitrogens is 4. The molecule has 0 aliphatic carbocycles. The molecule has 1 N–H and O–H groups in total. The molecule has 146 valence electrons. The molecule has 0 bridgehead atoms. The SMILES string of the molecule is Cc1nn(-c2ccccc2)nc1C(=O)NCc1cccnc1OCC(F)(F)F. The standard InChI is InChI=1S/C18H16F3N5O2/c1-12-15(25-26(24-12)14-7-3-2-4-8-14)16(27)23-10-13-6-5-9-22-17(13)28-11-18(19,20)21/h2-9H,10-11H2,1H3,(H,23,27). The van der Waals surface area contributed by atoms with Crippen molar-refractivity contribution in [1.82, 2.24) is 25.3 Å². The second-order valence-corrected chi connectivity index (χ2v) is 5.81. The summed E-state index contributed by atoms with van der Waals surface area (Å²) in [4.78, 5) is 17.6. The third kappa shape index (κ3) is 4.84. The van der Waals surface area contributed by atoms with Crippen molar-refractivity contribution in [3.63, 3.8) is 0 Å². The molecule has 0 aliphatic rings. The Balaban J connectivity index is 1.69. The predicted molar refractivity (Wildman–Crippen MR) is 93.1 cm³/mol. The number of carbonyl (C=O) groups excluding carboxylic acids is 1. The third-order valence-corrected chi connectivity index (χ3v) is 3.65. The van der Waals surface area contributed by atoms with Crippen LogP contribution in [0.2, 0.25) is 0 Å². The quantitative estimate of drug-likeness (QED) is 0.699. The number of nitrogens with zero attached hydrogens (tertiary/aromatic N) is 4. The molecular weight excluding hydrogens is 375 g/mol. The van der Waals surface area contributed by atoms with Crippen LogP contribution in [0.15, 0.2) is 48.7 Å². The summed E-state index contributed by atoms with van der Waals surface area (Å²) in [5, 5.41) is 11.0. The van der Waals surface area contributed by atoms with E-state index in [0.717, 1.165) is 0 Å². The maximum absolute atomic E-state index is 12.4. The molecule has 0 saturated carbocycles. The first kappa shape index (κ1) is 19.3. The summed E-state index contributed by atoms with van der Waals surface area (Å²) < 4.78 is 41.8. The van der Waals surface area contributed by atoms with Crippen LogP contribution in [0.4, 0.5) is 13.2 Å². The van der Waals surface area contributed by atoms with Gasteiger partial charge in [-0.2, -0.15) is 23.1 Å². The van der Waals surface area contributed by atoms with Crippen LogP contribution in [0.3, 0.4) is 0 Å². The minimum atomic E-state index is -4.48. The van der Waals surface area contributed by atoms with Gasteiger partial charge < -0.3 is 10.1 Å². The van der Waals surface area contributed by atoms with E-state index in [1.165, 1.54) is 17.1 Å². The van der Waals surface area contributed by atoms with Gasteiger partial charge in [-0.05, 0) is 25.1 Å². The lowest BCUT2D eigenvalue weighted by molar-refractivity contribution is -0.154. The van der Waals surface area contributed by atoms with Crippen LogP contribution < -0.4 is 10.1 Å². The number of para-hydroxylation sites is 1. The number of pyridine rings is 1. The molecule has 0 fully saturated rings. The van der Waals surface area contributed by atoms with Crippen molar-refractivity contribution >= 4 is 5.91 Å². The van der Waals surface area contributed by atoms with Gasteiger partial charge in [0.25, 0.3) is 5.91 Å². The average molecular weight is 391 g/mol. The molecule has 0 spiro atoms. The molecule has 3 aromatic rings. The lowest BCUT2D eigenvalue weighted by atomic mass is 10.2. The first-order chi connectivity index (χ1) is 13.3. The first-order valence-electron chi connectivity index (χ1n) is 8.24. The fourth-order valence-electron chi connectivity index (χ4n) is 2.36. The van der Waals surface area contributed by atoms with Gasteiger partial charge in [0.15, 0.2) is 12.3 Å². The highest BCUT2D eigenvalue weighted by Gasteiger charge is 2.29. The van der Waals surface area contributed by atoms with Gasteiger partial charge in [0, 0.05) is 18.3 Å². The molecule has 28 heavy (non-hydrogen) atoms. The summed E-state index contributed by atoms with van der Waals surface area (Å²) in [6.07, 6.45) is -3.17. The number of alkyl halides is 3. The summed E-state index contributed by atoms with van der Waals surface area (Å²) >= 11 is 0. The van der Waals surface area contributed by atoms with Crippen molar-refractivity contribution in [3.8, 4) is 11.6 Å². The van der Waals surface area contributed by atoms with Crippen molar-refractivity contribution in [3.05, 3.63) is 65.6 Å². The Morgan fingerprint density at radius 2 is 1.89 bits per heavy atom. The molecule has 0 unspecified atom stereocenters. The Labute approximate surface area is 158 Å². The largest absolute Gasteiger partial charge is 0.468 e. The summed E-state index contributed by atoms with van der Waals surface area (Å²) in [6.45, 7) is 0.107. The number of aryl methyl sites for hydroxylation is 1. The van der Waals surface area contributed by atoms with Gasteiger partial charge in [0.05, 0.1) is 11.4 Å². The Hall–Kier alpha value is -3.43. The van der Waals surface area contributed by atoms with Gasteiger partial charge in [-0.25, -0.2) is 4.98 Å². The molecule has 0 aliphatic heterocycles. The van der Waals surface area contributed by atoms with Crippen LogP contribution >= 0.6 is 0 Å². The number of hydrogen-bond acceptors (Lipinski definition) is 5. The van der Waals surface area contributed by atoms with Crippen molar-refractivity contribution in [2.24, 2.45) is 0 Å². The molecular formula is C18H16F3N5O2. The number of hydrogen-bond donors (Lipinski definition) is 1. The second kappa shape index (κ2) is 8.07. The Bertz CT molecular complexity index is 957. The first-order valence-corrected chi connectivity index (χ1v) is 8.24. The molecule has 1 amide bonds. The van der Waals surface area contributed by atoms with E-state index in [4.69, 9.17) is 4.74 Å². The highest BCUT2D eigenvalue weighted by molar-refractivity contribution is 5.93. The van der Waals surface area contributed by atoms with E-state index in [2.05, 4.69) is 20.5 Å². The van der Waals surface area contributed by atoms with Crippen molar-refractivity contribution in [2.45, 2.75) is 19.6 Å². The van der Waals surface area contributed by atoms with Crippen molar-refractivity contribution in [1.29, 1.82) is 0 Å².